The third kappa shape index (κ3) is 3.95. The quantitative estimate of drug-likeness (QED) is 0.856. The summed E-state index contributed by atoms with van der Waals surface area (Å²) in [6, 6.07) is 8.75. The first kappa shape index (κ1) is 14.4. The molecule has 0 amide bonds. The Balaban J connectivity index is 1.84. The summed E-state index contributed by atoms with van der Waals surface area (Å²) in [6.07, 6.45) is 3.59. The van der Waals surface area contributed by atoms with E-state index in [1.807, 2.05) is 12.1 Å². The van der Waals surface area contributed by atoms with Crippen LogP contribution in [0.5, 0.6) is 5.75 Å². The van der Waals surface area contributed by atoms with Gasteiger partial charge in [-0.05, 0) is 43.0 Å². The standard InChI is InChI=1S/C16H26N2O/c1-3-4-16(17)14-9-10-18(12-14)11-13-5-7-15(19-2)8-6-13/h5-8,14,16H,3-4,9-12,17H2,1-2H3. The second-order valence-corrected chi connectivity index (χ2v) is 5.58. The number of methoxy groups -OCH3 is 1. The Hall–Kier alpha value is -1.06. The maximum atomic E-state index is 6.24. The van der Waals surface area contributed by atoms with Crippen LogP contribution in [-0.2, 0) is 6.54 Å². The van der Waals surface area contributed by atoms with E-state index in [2.05, 4.69) is 24.0 Å². The lowest BCUT2D eigenvalue weighted by Crippen LogP contribution is -2.32. The Bertz CT molecular complexity index is 377. The van der Waals surface area contributed by atoms with Crippen molar-refractivity contribution < 1.29 is 4.74 Å². The summed E-state index contributed by atoms with van der Waals surface area (Å²) in [4.78, 5) is 2.52. The molecular formula is C16H26N2O. The third-order valence-electron chi connectivity index (χ3n) is 4.10. The summed E-state index contributed by atoms with van der Waals surface area (Å²) < 4.78 is 5.18. The van der Waals surface area contributed by atoms with Crippen molar-refractivity contribution in [3.05, 3.63) is 29.8 Å². The Kier molecular flexibility index (Phi) is 5.23. The number of hydrogen-bond acceptors (Lipinski definition) is 3. The highest BCUT2D eigenvalue weighted by Gasteiger charge is 2.26. The SMILES string of the molecule is CCCC(N)C1CCN(Cc2ccc(OC)cc2)C1. The molecule has 1 aromatic carbocycles. The van der Waals surface area contributed by atoms with Crippen molar-refractivity contribution in [2.45, 2.75) is 38.8 Å². The van der Waals surface area contributed by atoms with Gasteiger partial charge in [0.15, 0.2) is 0 Å². The highest BCUT2D eigenvalue weighted by molar-refractivity contribution is 5.27. The molecule has 1 aromatic rings. The fourth-order valence-electron chi connectivity index (χ4n) is 2.91. The minimum Gasteiger partial charge on any atom is -0.497 e. The normalized spacial score (nSPS) is 21.5. The zero-order chi connectivity index (χ0) is 13.7. The fourth-order valence-corrected chi connectivity index (χ4v) is 2.91. The van der Waals surface area contributed by atoms with Crippen molar-refractivity contribution in [1.82, 2.24) is 4.90 Å². The molecule has 2 rings (SSSR count). The highest BCUT2D eigenvalue weighted by atomic mass is 16.5. The van der Waals surface area contributed by atoms with Crippen LogP contribution in [0.25, 0.3) is 0 Å². The van der Waals surface area contributed by atoms with Gasteiger partial charge >= 0.3 is 0 Å². The maximum Gasteiger partial charge on any atom is 0.118 e. The molecule has 0 bridgehead atoms. The molecule has 3 nitrogen and oxygen atoms in total. The van der Waals surface area contributed by atoms with Crippen molar-refractivity contribution in [3.63, 3.8) is 0 Å². The van der Waals surface area contributed by atoms with E-state index >= 15 is 0 Å². The number of ether oxygens (including phenoxy) is 1. The summed E-state index contributed by atoms with van der Waals surface area (Å²) >= 11 is 0. The Morgan fingerprint density at radius 2 is 2.11 bits per heavy atom. The van der Waals surface area contributed by atoms with Gasteiger partial charge < -0.3 is 10.5 Å². The van der Waals surface area contributed by atoms with E-state index in [-0.39, 0.29) is 0 Å². The molecule has 2 unspecified atom stereocenters. The summed E-state index contributed by atoms with van der Waals surface area (Å²) in [6.45, 7) is 5.56. The van der Waals surface area contributed by atoms with Gasteiger partial charge in [-0.25, -0.2) is 0 Å². The summed E-state index contributed by atoms with van der Waals surface area (Å²) in [5.74, 6) is 1.60. The van der Waals surface area contributed by atoms with Crippen LogP contribution in [0, 0.1) is 5.92 Å². The predicted molar refractivity (Wildman–Crippen MR) is 79.3 cm³/mol. The number of nitrogens with two attached hydrogens (primary N) is 1. The molecule has 1 heterocycles. The summed E-state index contributed by atoms with van der Waals surface area (Å²) in [5, 5.41) is 0. The van der Waals surface area contributed by atoms with E-state index in [1.54, 1.807) is 7.11 Å². The lowest BCUT2D eigenvalue weighted by molar-refractivity contribution is 0.301. The molecule has 1 aliphatic rings. The lowest BCUT2D eigenvalue weighted by Gasteiger charge is -2.20. The molecule has 1 aliphatic heterocycles. The molecule has 0 saturated carbocycles. The van der Waals surface area contributed by atoms with Crippen LogP contribution in [0.2, 0.25) is 0 Å². The summed E-state index contributed by atoms with van der Waals surface area (Å²) in [5.41, 5.74) is 7.59. The first-order valence-electron chi connectivity index (χ1n) is 7.33. The van der Waals surface area contributed by atoms with Crippen molar-refractivity contribution in [1.29, 1.82) is 0 Å². The predicted octanol–water partition coefficient (Wildman–Crippen LogP) is 2.64. The van der Waals surface area contributed by atoms with Crippen LogP contribution in [0.1, 0.15) is 31.7 Å². The minimum absolute atomic E-state index is 0.380. The van der Waals surface area contributed by atoms with Gasteiger partial charge in [-0.1, -0.05) is 25.5 Å². The number of likely N-dealkylation sites (tertiary alicyclic amines) is 1. The molecule has 2 N–H and O–H groups in total. The van der Waals surface area contributed by atoms with Gasteiger partial charge in [-0.3, -0.25) is 4.90 Å². The Morgan fingerprint density at radius 3 is 2.74 bits per heavy atom. The van der Waals surface area contributed by atoms with Gasteiger partial charge in [-0.2, -0.15) is 0 Å². The van der Waals surface area contributed by atoms with Crippen LogP contribution in [0.3, 0.4) is 0 Å². The van der Waals surface area contributed by atoms with E-state index in [9.17, 15) is 0 Å². The molecule has 19 heavy (non-hydrogen) atoms. The van der Waals surface area contributed by atoms with Gasteiger partial charge in [0.2, 0.25) is 0 Å². The molecule has 1 fully saturated rings. The first-order valence-corrected chi connectivity index (χ1v) is 7.33. The zero-order valence-corrected chi connectivity index (χ0v) is 12.1. The van der Waals surface area contributed by atoms with Crippen LogP contribution in [-0.4, -0.2) is 31.1 Å². The van der Waals surface area contributed by atoms with E-state index in [4.69, 9.17) is 10.5 Å². The molecule has 0 spiro atoms. The van der Waals surface area contributed by atoms with Gasteiger partial charge in [0, 0.05) is 19.1 Å². The van der Waals surface area contributed by atoms with Crippen molar-refractivity contribution >= 4 is 0 Å². The maximum absolute atomic E-state index is 6.24. The van der Waals surface area contributed by atoms with E-state index < -0.39 is 0 Å². The van der Waals surface area contributed by atoms with Crippen molar-refractivity contribution in [3.8, 4) is 5.75 Å². The molecular weight excluding hydrogens is 236 g/mol. The third-order valence-corrected chi connectivity index (χ3v) is 4.10. The minimum atomic E-state index is 0.380. The second kappa shape index (κ2) is 6.92. The molecule has 2 atom stereocenters. The average Bonchev–Trinajstić information content (AvgIpc) is 2.88. The van der Waals surface area contributed by atoms with E-state index in [0.29, 0.717) is 12.0 Å². The van der Waals surface area contributed by atoms with Crippen LogP contribution in [0.15, 0.2) is 24.3 Å². The van der Waals surface area contributed by atoms with Crippen LogP contribution in [0.4, 0.5) is 0 Å². The molecule has 0 aromatic heterocycles. The van der Waals surface area contributed by atoms with Crippen LogP contribution < -0.4 is 10.5 Å². The van der Waals surface area contributed by atoms with Crippen molar-refractivity contribution in [2.75, 3.05) is 20.2 Å². The Morgan fingerprint density at radius 1 is 1.37 bits per heavy atom. The Labute approximate surface area is 116 Å². The van der Waals surface area contributed by atoms with Gasteiger partial charge in [0.05, 0.1) is 7.11 Å². The zero-order valence-electron chi connectivity index (χ0n) is 12.1. The topological polar surface area (TPSA) is 38.5 Å². The lowest BCUT2D eigenvalue weighted by atomic mass is 9.96. The number of nitrogens with zero attached hydrogens (tertiary/aromatic N) is 1. The second-order valence-electron chi connectivity index (χ2n) is 5.58. The number of benzene rings is 1. The van der Waals surface area contributed by atoms with E-state index in [1.165, 1.54) is 24.9 Å². The molecule has 106 valence electrons. The summed E-state index contributed by atoms with van der Waals surface area (Å²) in [7, 11) is 1.70. The monoisotopic (exact) mass is 262 g/mol. The molecule has 0 aliphatic carbocycles. The van der Waals surface area contributed by atoms with Crippen LogP contribution >= 0.6 is 0 Å². The van der Waals surface area contributed by atoms with Gasteiger partial charge in [-0.15, -0.1) is 0 Å². The number of hydrogen-bond donors (Lipinski definition) is 1. The average molecular weight is 262 g/mol. The first-order chi connectivity index (χ1) is 9.22. The van der Waals surface area contributed by atoms with Gasteiger partial charge in [0.1, 0.15) is 5.75 Å². The van der Waals surface area contributed by atoms with Crippen molar-refractivity contribution in [2.24, 2.45) is 11.7 Å². The fraction of sp³-hybridized carbons (Fsp3) is 0.625. The largest absolute Gasteiger partial charge is 0.497 e. The molecule has 3 heteroatoms. The van der Waals surface area contributed by atoms with E-state index in [0.717, 1.165) is 25.3 Å². The highest BCUT2D eigenvalue weighted by Crippen LogP contribution is 2.23. The smallest absolute Gasteiger partial charge is 0.118 e. The molecule has 1 saturated heterocycles. The van der Waals surface area contributed by atoms with Gasteiger partial charge in [0.25, 0.3) is 0 Å². The number of rotatable bonds is 6. The molecule has 0 radical (unpaired) electrons.